The minimum Gasteiger partial charge on any atom is -0.242 e. The van der Waals surface area contributed by atoms with E-state index in [9.17, 15) is 8.42 Å². The number of hydrogen-bond donors (Lipinski definition) is 0. The first-order chi connectivity index (χ1) is 8.41. The van der Waals surface area contributed by atoms with Gasteiger partial charge in [0.15, 0.2) is 0 Å². The molecule has 2 rings (SSSR count). The lowest BCUT2D eigenvalue weighted by Gasteiger charge is -2.29. The van der Waals surface area contributed by atoms with Crippen molar-refractivity contribution in [2.75, 3.05) is 13.1 Å². The van der Waals surface area contributed by atoms with Crippen molar-refractivity contribution in [2.45, 2.75) is 24.7 Å². The van der Waals surface area contributed by atoms with Crippen molar-refractivity contribution in [3.63, 3.8) is 0 Å². The van der Waals surface area contributed by atoms with Gasteiger partial charge in [0.25, 0.3) is 0 Å². The topological polar surface area (TPSA) is 50.3 Å². The maximum atomic E-state index is 12.3. The second-order valence-corrected chi connectivity index (χ2v) is 7.23. The van der Waals surface area contributed by atoms with Crippen LogP contribution in [0.3, 0.4) is 0 Å². The number of halogens is 2. The SMILES string of the molecule is CC1CCN(S(=O)(=O)c2cnc(Cl)c(Cl)c2)CC1. The molecule has 1 aromatic rings. The van der Waals surface area contributed by atoms with Crippen LogP contribution in [-0.4, -0.2) is 30.8 Å². The zero-order valence-corrected chi connectivity index (χ0v) is 12.3. The summed E-state index contributed by atoms with van der Waals surface area (Å²) in [5.41, 5.74) is 0. The highest BCUT2D eigenvalue weighted by atomic mass is 35.5. The first-order valence-electron chi connectivity index (χ1n) is 5.72. The number of pyridine rings is 1. The molecule has 0 saturated carbocycles. The molecule has 0 aromatic carbocycles. The zero-order chi connectivity index (χ0) is 13.3. The fourth-order valence-corrected chi connectivity index (χ4v) is 3.70. The average Bonchev–Trinajstić information content (AvgIpc) is 2.33. The Bertz CT molecular complexity index is 540. The van der Waals surface area contributed by atoms with Crippen molar-refractivity contribution in [3.05, 3.63) is 22.4 Å². The fraction of sp³-hybridized carbons (Fsp3) is 0.545. The van der Waals surface area contributed by atoms with Crippen molar-refractivity contribution < 1.29 is 8.42 Å². The van der Waals surface area contributed by atoms with E-state index in [4.69, 9.17) is 23.2 Å². The van der Waals surface area contributed by atoms with E-state index in [0.717, 1.165) is 12.8 Å². The van der Waals surface area contributed by atoms with Crippen molar-refractivity contribution in [1.82, 2.24) is 9.29 Å². The molecule has 18 heavy (non-hydrogen) atoms. The van der Waals surface area contributed by atoms with Gasteiger partial charge in [-0.15, -0.1) is 0 Å². The van der Waals surface area contributed by atoms with Gasteiger partial charge >= 0.3 is 0 Å². The molecule has 100 valence electrons. The number of aromatic nitrogens is 1. The summed E-state index contributed by atoms with van der Waals surface area (Å²) in [6.07, 6.45) is 3.02. The van der Waals surface area contributed by atoms with E-state index >= 15 is 0 Å². The van der Waals surface area contributed by atoms with Crippen LogP contribution in [0.2, 0.25) is 10.2 Å². The second-order valence-electron chi connectivity index (χ2n) is 4.53. The van der Waals surface area contributed by atoms with Crippen LogP contribution < -0.4 is 0 Å². The van der Waals surface area contributed by atoms with Crippen LogP contribution in [0.25, 0.3) is 0 Å². The lowest BCUT2D eigenvalue weighted by atomic mass is 10.0. The number of piperidine rings is 1. The monoisotopic (exact) mass is 308 g/mol. The highest BCUT2D eigenvalue weighted by molar-refractivity contribution is 7.89. The van der Waals surface area contributed by atoms with Crippen molar-refractivity contribution in [2.24, 2.45) is 5.92 Å². The maximum Gasteiger partial charge on any atom is 0.244 e. The van der Waals surface area contributed by atoms with Gasteiger partial charge in [-0.25, -0.2) is 13.4 Å². The Balaban J connectivity index is 2.27. The van der Waals surface area contributed by atoms with Gasteiger partial charge in [0.05, 0.1) is 5.02 Å². The number of nitrogens with zero attached hydrogens (tertiary/aromatic N) is 2. The lowest BCUT2D eigenvalue weighted by molar-refractivity contribution is 0.288. The quantitative estimate of drug-likeness (QED) is 0.789. The standard InChI is InChI=1S/C11H14Cl2N2O2S/c1-8-2-4-15(5-3-8)18(16,17)9-6-10(12)11(13)14-7-9/h6-8H,2-5H2,1H3. The summed E-state index contributed by atoms with van der Waals surface area (Å²) in [5, 5.41) is 0.269. The molecule has 1 saturated heterocycles. The van der Waals surface area contributed by atoms with Gasteiger partial charge < -0.3 is 0 Å². The summed E-state index contributed by atoms with van der Waals surface area (Å²) in [7, 11) is -3.50. The molecule has 0 amide bonds. The predicted octanol–water partition coefficient (Wildman–Crippen LogP) is 2.81. The van der Waals surface area contributed by atoms with Crippen molar-refractivity contribution >= 4 is 33.2 Å². The molecule has 7 heteroatoms. The van der Waals surface area contributed by atoms with E-state index in [1.165, 1.54) is 16.6 Å². The summed E-state index contributed by atoms with van der Waals surface area (Å²) < 4.78 is 26.2. The first kappa shape index (κ1) is 14.1. The Kier molecular flexibility index (Phi) is 4.16. The molecular formula is C11H14Cl2N2O2S. The van der Waals surface area contributed by atoms with E-state index in [0.29, 0.717) is 19.0 Å². The zero-order valence-electron chi connectivity index (χ0n) is 9.94. The number of sulfonamides is 1. The van der Waals surface area contributed by atoms with Gasteiger partial charge in [-0.2, -0.15) is 4.31 Å². The van der Waals surface area contributed by atoms with Crippen LogP contribution >= 0.6 is 23.2 Å². The molecule has 0 spiro atoms. The molecule has 1 aliphatic rings. The molecule has 2 heterocycles. The third kappa shape index (κ3) is 2.79. The first-order valence-corrected chi connectivity index (χ1v) is 7.92. The smallest absolute Gasteiger partial charge is 0.242 e. The molecule has 1 fully saturated rings. The van der Waals surface area contributed by atoms with Gasteiger partial charge in [-0.1, -0.05) is 30.1 Å². The molecule has 0 bridgehead atoms. The van der Waals surface area contributed by atoms with Gasteiger partial charge in [0.2, 0.25) is 10.0 Å². The molecule has 0 radical (unpaired) electrons. The highest BCUT2D eigenvalue weighted by Gasteiger charge is 2.28. The Morgan fingerprint density at radius 2 is 1.94 bits per heavy atom. The van der Waals surface area contributed by atoms with Gasteiger partial charge in [0, 0.05) is 19.3 Å². The van der Waals surface area contributed by atoms with E-state index in [1.807, 2.05) is 0 Å². The minimum absolute atomic E-state index is 0.103. The second kappa shape index (κ2) is 5.33. The molecule has 0 atom stereocenters. The summed E-state index contributed by atoms with van der Waals surface area (Å²) in [6, 6.07) is 1.35. The molecule has 0 aliphatic carbocycles. The van der Waals surface area contributed by atoms with E-state index < -0.39 is 10.0 Å². The van der Waals surface area contributed by atoms with Gasteiger partial charge in [-0.3, -0.25) is 0 Å². The van der Waals surface area contributed by atoms with Gasteiger partial charge in [0.1, 0.15) is 10.0 Å². The third-order valence-corrected chi connectivity index (χ3v) is 5.70. The third-order valence-electron chi connectivity index (χ3n) is 3.15. The molecule has 1 aliphatic heterocycles. The van der Waals surface area contributed by atoms with E-state index in [1.54, 1.807) is 0 Å². The molecule has 4 nitrogen and oxygen atoms in total. The fourth-order valence-electron chi connectivity index (χ4n) is 1.92. The number of rotatable bonds is 2. The summed E-state index contributed by atoms with van der Waals surface area (Å²) in [5.74, 6) is 0.573. The predicted molar refractivity (Wildman–Crippen MR) is 71.4 cm³/mol. The molecular weight excluding hydrogens is 295 g/mol. The van der Waals surface area contributed by atoms with Crippen LogP contribution in [0.5, 0.6) is 0 Å². The van der Waals surface area contributed by atoms with E-state index in [-0.39, 0.29) is 15.1 Å². The molecule has 0 N–H and O–H groups in total. The minimum atomic E-state index is -3.50. The van der Waals surface area contributed by atoms with Crippen LogP contribution in [0.15, 0.2) is 17.2 Å². The highest BCUT2D eigenvalue weighted by Crippen LogP contribution is 2.26. The van der Waals surface area contributed by atoms with Crippen LogP contribution in [-0.2, 0) is 10.0 Å². The normalized spacial score (nSPS) is 19.1. The van der Waals surface area contributed by atoms with Gasteiger partial charge in [-0.05, 0) is 24.8 Å². The maximum absolute atomic E-state index is 12.3. The van der Waals surface area contributed by atoms with Crippen LogP contribution in [0.1, 0.15) is 19.8 Å². The Morgan fingerprint density at radius 1 is 1.33 bits per heavy atom. The van der Waals surface area contributed by atoms with Crippen molar-refractivity contribution in [3.8, 4) is 0 Å². The summed E-state index contributed by atoms with van der Waals surface area (Å²) in [4.78, 5) is 3.89. The molecule has 0 unspecified atom stereocenters. The van der Waals surface area contributed by atoms with Crippen LogP contribution in [0.4, 0.5) is 0 Å². The summed E-state index contributed by atoms with van der Waals surface area (Å²) in [6.45, 7) is 3.22. The number of hydrogen-bond acceptors (Lipinski definition) is 3. The molecule has 1 aromatic heterocycles. The Morgan fingerprint density at radius 3 is 2.50 bits per heavy atom. The van der Waals surface area contributed by atoms with Crippen molar-refractivity contribution in [1.29, 1.82) is 0 Å². The largest absolute Gasteiger partial charge is 0.244 e. The Hall–Kier alpha value is -0.360. The Labute approximate surface area is 117 Å². The summed E-state index contributed by atoms with van der Waals surface area (Å²) >= 11 is 11.5. The van der Waals surface area contributed by atoms with E-state index in [2.05, 4.69) is 11.9 Å². The average molecular weight is 309 g/mol. The lowest BCUT2D eigenvalue weighted by Crippen LogP contribution is -2.37. The van der Waals surface area contributed by atoms with Crippen LogP contribution in [0, 0.1) is 5.92 Å².